The lowest BCUT2D eigenvalue weighted by Crippen LogP contribution is -2.06. The minimum absolute atomic E-state index is 0.306. The van der Waals surface area contributed by atoms with Gasteiger partial charge in [-0.25, -0.2) is 0 Å². The number of rotatable bonds is 6. The molecule has 0 heterocycles. The summed E-state index contributed by atoms with van der Waals surface area (Å²) in [6.07, 6.45) is 1.25. The average Bonchev–Trinajstić information content (AvgIpc) is 2.18. The third kappa shape index (κ3) is 4.84. The van der Waals surface area contributed by atoms with Crippen molar-refractivity contribution in [2.75, 3.05) is 13.2 Å². The van der Waals surface area contributed by atoms with Crippen LogP contribution in [-0.2, 0) is 11.2 Å². The van der Waals surface area contributed by atoms with E-state index < -0.39 is 0 Å². The molecule has 0 aliphatic heterocycles. The van der Waals surface area contributed by atoms with Crippen molar-refractivity contribution in [2.24, 2.45) is 0 Å². The Morgan fingerprint density at radius 1 is 1.27 bits per heavy atom. The van der Waals surface area contributed by atoms with Gasteiger partial charge in [0.05, 0.1) is 19.3 Å². The van der Waals surface area contributed by atoms with Gasteiger partial charge in [-0.3, -0.25) is 0 Å². The molecule has 0 bridgehead atoms. The summed E-state index contributed by atoms with van der Waals surface area (Å²) in [6, 6.07) is 8.19. The summed E-state index contributed by atoms with van der Waals surface area (Å²) in [5, 5.41) is 0. The Kier molecular flexibility index (Phi) is 5.19. The molecular weight excluding hydrogens is 188 g/mol. The van der Waals surface area contributed by atoms with E-state index >= 15 is 0 Å². The average molecular weight is 208 g/mol. The predicted octanol–water partition coefficient (Wildman–Crippen LogP) is 3.05. The highest BCUT2D eigenvalue weighted by Gasteiger charge is 1.98. The second kappa shape index (κ2) is 6.46. The molecule has 0 aromatic heterocycles. The van der Waals surface area contributed by atoms with Crippen molar-refractivity contribution in [3.05, 3.63) is 29.8 Å². The minimum Gasteiger partial charge on any atom is -0.494 e. The van der Waals surface area contributed by atoms with Gasteiger partial charge in [-0.1, -0.05) is 12.1 Å². The molecule has 0 unspecified atom stereocenters. The minimum atomic E-state index is 0.306. The van der Waals surface area contributed by atoms with E-state index in [4.69, 9.17) is 9.47 Å². The maximum atomic E-state index is 5.50. The zero-order valence-corrected chi connectivity index (χ0v) is 9.82. The van der Waals surface area contributed by atoms with Gasteiger partial charge in [-0.2, -0.15) is 0 Å². The van der Waals surface area contributed by atoms with Gasteiger partial charge in [-0.15, -0.1) is 0 Å². The van der Waals surface area contributed by atoms with E-state index in [0.717, 1.165) is 18.8 Å². The third-order valence-corrected chi connectivity index (χ3v) is 2.05. The number of hydrogen-bond donors (Lipinski definition) is 0. The normalized spacial score (nSPS) is 10.7. The number of ether oxygens (including phenoxy) is 2. The lowest BCUT2D eigenvalue weighted by Gasteiger charge is -2.08. The molecular formula is C13H20O2. The fourth-order valence-corrected chi connectivity index (χ4v) is 1.37. The molecule has 84 valence electrons. The van der Waals surface area contributed by atoms with Gasteiger partial charge in [0.25, 0.3) is 0 Å². The molecule has 0 N–H and O–H groups in total. The largest absolute Gasteiger partial charge is 0.494 e. The molecule has 2 nitrogen and oxygen atoms in total. The van der Waals surface area contributed by atoms with Crippen molar-refractivity contribution in [1.29, 1.82) is 0 Å². The van der Waals surface area contributed by atoms with Gasteiger partial charge in [0.2, 0.25) is 0 Å². The molecule has 1 aromatic rings. The Bertz CT molecular complexity index is 282. The van der Waals surface area contributed by atoms with Gasteiger partial charge in [0, 0.05) is 0 Å². The summed E-state index contributed by atoms with van der Waals surface area (Å²) in [7, 11) is 0. The van der Waals surface area contributed by atoms with Crippen molar-refractivity contribution in [3.8, 4) is 5.75 Å². The van der Waals surface area contributed by atoms with Crippen molar-refractivity contribution in [1.82, 2.24) is 0 Å². The molecule has 0 amide bonds. The van der Waals surface area contributed by atoms with Crippen molar-refractivity contribution >= 4 is 0 Å². The maximum Gasteiger partial charge on any atom is 0.119 e. The van der Waals surface area contributed by atoms with Crippen LogP contribution in [0.25, 0.3) is 0 Å². The van der Waals surface area contributed by atoms with Gasteiger partial charge < -0.3 is 9.47 Å². The number of hydrogen-bond acceptors (Lipinski definition) is 2. The van der Waals surface area contributed by atoms with Crippen molar-refractivity contribution in [3.63, 3.8) is 0 Å². The van der Waals surface area contributed by atoms with Crippen LogP contribution in [0.15, 0.2) is 24.3 Å². The predicted molar refractivity (Wildman–Crippen MR) is 62.4 cm³/mol. The van der Waals surface area contributed by atoms with E-state index in [1.807, 2.05) is 19.1 Å². The van der Waals surface area contributed by atoms with E-state index in [-0.39, 0.29) is 0 Å². The van der Waals surface area contributed by atoms with Crippen LogP contribution in [0.4, 0.5) is 0 Å². The SMILES string of the molecule is CCOc1cccc(CCOC(C)C)c1. The first kappa shape index (κ1) is 12.1. The Balaban J connectivity index is 2.43. The lowest BCUT2D eigenvalue weighted by atomic mass is 10.1. The second-order valence-corrected chi connectivity index (χ2v) is 3.75. The van der Waals surface area contributed by atoms with E-state index in [0.29, 0.717) is 12.7 Å². The fraction of sp³-hybridized carbons (Fsp3) is 0.538. The van der Waals surface area contributed by atoms with Crippen LogP contribution in [-0.4, -0.2) is 19.3 Å². The van der Waals surface area contributed by atoms with Crippen LogP contribution >= 0.6 is 0 Å². The monoisotopic (exact) mass is 208 g/mol. The first-order chi connectivity index (χ1) is 7.22. The highest BCUT2D eigenvalue weighted by molar-refractivity contribution is 5.28. The fourth-order valence-electron chi connectivity index (χ4n) is 1.37. The molecule has 0 fully saturated rings. The molecule has 1 rings (SSSR count). The topological polar surface area (TPSA) is 18.5 Å². The van der Waals surface area contributed by atoms with Crippen LogP contribution in [0, 0.1) is 0 Å². The lowest BCUT2D eigenvalue weighted by molar-refractivity contribution is 0.0813. The van der Waals surface area contributed by atoms with E-state index in [1.54, 1.807) is 0 Å². The Morgan fingerprint density at radius 2 is 2.07 bits per heavy atom. The van der Waals surface area contributed by atoms with Gasteiger partial charge in [0.1, 0.15) is 5.75 Å². The van der Waals surface area contributed by atoms with Crippen LogP contribution < -0.4 is 4.74 Å². The molecule has 0 aliphatic carbocycles. The first-order valence-corrected chi connectivity index (χ1v) is 5.55. The molecule has 0 aliphatic rings. The Labute approximate surface area is 92.2 Å². The zero-order chi connectivity index (χ0) is 11.1. The second-order valence-electron chi connectivity index (χ2n) is 3.75. The number of benzene rings is 1. The standard InChI is InChI=1S/C13H20O2/c1-4-14-13-7-5-6-12(10-13)8-9-15-11(2)3/h5-7,10-11H,4,8-9H2,1-3H3. The first-order valence-electron chi connectivity index (χ1n) is 5.55. The van der Waals surface area contributed by atoms with Crippen LogP contribution in [0.3, 0.4) is 0 Å². The van der Waals surface area contributed by atoms with Gasteiger partial charge >= 0.3 is 0 Å². The molecule has 0 spiro atoms. The quantitative estimate of drug-likeness (QED) is 0.715. The Morgan fingerprint density at radius 3 is 2.73 bits per heavy atom. The van der Waals surface area contributed by atoms with Gasteiger partial charge in [-0.05, 0) is 44.9 Å². The van der Waals surface area contributed by atoms with Gasteiger partial charge in [0.15, 0.2) is 0 Å². The summed E-state index contributed by atoms with van der Waals surface area (Å²) >= 11 is 0. The van der Waals surface area contributed by atoms with Crippen LogP contribution in [0.1, 0.15) is 26.3 Å². The smallest absolute Gasteiger partial charge is 0.119 e. The Hall–Kier alpha value is -1.02. The molecule has 15 heavy (non-hydrogen) atoms. The van der Waals surface area contributed by atoms with Crippen molar-refractivity contribution < 1.29 is 9.47 Å². The molecule has 0 saturated heterocycles. The van der Waals surface area contributed by atoms with Crippen LogP contribution in [0.5, 0.6) is 5.75 Å². The summed E-state index contributed by atoms with van der Waals surface area (Å²) in [5.74, 6) is 0.944. The van der Waals surface area contributed by atoms with E-state index in [9.17, 15) is 0 Å². The van der Waals surface area contributed by atoms with E-state index in [2.05, 4.69) is 26.0 Å². The summed E-state index contributed by atoms with van der Waals surface area (Å²) in [6.45, 7) is 7.58. The summed E-state index contributed by atoms with van der Waals surface area (Å²) in [5.41, 5.74) is 1.27. The highest BCUT2D eigenvalue weighted by Crippen LogP contribution is 2.13. The molecule has 0 atom stereocenters. The van der Waals surface area contributed by atoms with E-state index in [1.165, 1.54) is 5.56 Å². The third-order valence-electron chi connectivity index (χ3n) is 2.05. The molecule has 0 saturated carbocycles. The van der Waals surface area contributed by atoms with Crippen molar-refractivity contribution in [2.45, 2.75) is 33.3 Å². The summed E-state index contributed by atoms with van der Waals surface area (Å²) in [4.78, 5) is 0. The molecule has 0 radical (unpaired) electrons. The highest BCUT2D eigenvalue weighted by atomic mass is 16.5. The molecule has 2 heteroatoms. The summed E-state index contributed by atoms with van der Waals surface area (Å²) < 4.78 is 10.9. The zero-order valence-electron chi connectivity index (χ0n) is 9.82. The van der Waals surface area contributed by atoms with Crippen LogP contribution in [0.2, 0.25) is 0 Å². The molecule has 1 aromatic carbocycles. The maximum absolute atomic E-state index is 5.50.